The first kappa shape index (κ1) is 10.4. The maximum atomic E-state index is 5.46. The van der Waals surface area contributed by atoms with Gasteiger partial charge < -0.3 is 14.4 Å². The number of nitrogens with one attached hydrogen (secondary N) is 2. The van der Waals surface area contributed by atoms with Gasteiger partial charge in [-0.2, -0.15) is 0 Å². The minimum absolute atomic E-state index is 0.469. The van der Waals surface area contributed by atoms with E-state index in [9.17, 15) is 0 Å². The second-order valence-electron chi connectivity index (χ2n) is 3.63. The summed E-state index contributed by atoms with van der Waals surface area (Å²) < 4.78 is 6.52. The van der Waals surface area contributed by atoms with Gasteiger partial charge in [0.2, 0.25) is 5.71 Å². The minimum atomic E-state index is 0.469. The fourth-order valence-corrected chi connectivity index (χ4v) is 2.37. The zero-order valence-electron chi connectivity index (χ0n) is 8.69. The lowest BCUT2D eigenvalue weighted by Gasteiger charge is -1.97. The Bertz CT molecular complexity index is 783. The standard InChI is InChI=1S/C12H8N2OS2/c16-11-9-8(7-4-2-1-3-5-7)6-15-10(9)13-12(17)14-11/h1-6H,(H2,13,14,16,17). The lowest BCUT2D eigenvalue weighted by Crippen LogP contribution is -1.83. The monoisotopic (exact) mass is 260 g/mol. The summed E-state index contributed by atoms with van der Waals surface area (Å²) >= 11 is 10.3. The average molecular weight is 260 g/mol. The highest BCUT2D eigenvalue weighted by Gasteiger charge is 2.09. The molecule has 0 fully saturated rings. The zero-order valence-corrected chi connectivity index (χ0v) is 10.3. The van der Waals surface area contributed by atoms with Crippen LogP contribution in [0.1, 0.15) is 0 Å². The van der Waals surface area contributed by atoms with Crippen molar-refractivity contribution in [3.05, 3.63) is 46.0 Å². The molecule has 1 aromatic carbocycles. The van der Waals surface area contributed by atoms with Gasteiger partial charge in [0.1, 0.15) is 10.9 Å². The molecule has 0 saturated heterocycles. The fourth-order valence-electron chi connectivity index (χ4n) is 1.81. The Morgan fingerprint density at radius 3 is 2.53 bits per heavy atom. The Balaban J connectivity index is 2.40. The van der Waals surface area contributed by atoms with Gasteiger partial charge in [-0.1, -0.05) is 42.5 Å². The van der Waals surface area contributed by atoms with E-state index < -0.39 is 0 Å². The molecule has 0 bridgehead atoms. The third-order valence-corrected chi connectivity index (χ3v) is 3.07. The van der Waals surface area contributed by atoms with Gasteiger partial charge in [0, 0.05) is 5.56 Å². The molecule has 3 aromatic rings. The Morgan fingerprint density at radius 1 is 1.00 bits per heavy atom. The number of H-pyrrole nitrogens is 2. The molecule has 17 heavy (non-hydrogen) atoms. The van der Waals surface area contributed by atoms with E-state index in [1.54, 1.807) is 6.26 Å². The van der Waals surface area contributed by atoms with E-state index >= 15 is 0 Å². The molecule has 3 nitrogen and oxygen atoms in total. The van der Waals surface area contributed by atoms with Gasteiger partial charge in [0.25, 0.3) is 0 Å². The molecule has 0 aliphatic heterocycles. The van der Waals surface area contributed by atoms with Crippen molar-refractivity contribution in [2.45, 2.75) is 0 Å². The molecule has 0 unspecified atom stereocenters. The SMILES string of the molecule is S=c1[nH]c(=S)c2c(-c3ccccc3)coc2[nH]1. The van der Waals surface area contributed by atoms with Crippen molar-refractivity contribution in [3.8, 4) is 11.1 Å². The van der Waals surface area contributed by atoms with Crippen molar-refractivity contribution < 1.29 is 4.42 Å². The third-order valence-electron chi connectivity index (χ3n) is 2.56. The maximum absolute atomic E-state index is 5.46. The number of furan rings is 1. The van der Waals surface area contributed by atoms with Crippen LogP contribution in [-0.4, -0.2) is 9.97 Å². The van der Waals surface area contributed by atoms with Gasteiger partial charge in [-0.15, -0.1) is 0 Å². The molecular formula is C12H8N2OS2. The number of hydrogen-bond acceptors (Lipinski definition) is 3. The first-order valence-electron chi connectivity index (χ1n) is 5.05. The van der Waals surface area contributed by atoms with Gasteiger partial charge in [0.05, 0.1) is 5.39 Å². The lowest BCUT2D eigenvalue weighted by molar-refractivity contribution is 0.602. The van der Waals surface area contributed by atoms with Gasteiger partial charge in [0.15, 0.2) is 4.77 Å². The van der Waals surface area contributed by atoms with Crippen LogP contribution in [0.15, 0.2) is 41.0 Å². The van der Waals surface area contributed by atoms with Crippen molar-refractivity contribution in [1.82, 2.24) is 9.97 Å². The second-order valence-corrected chi connectivity index (χ2v) is 4.44. The van der Waals surface area contributed by atoms with Crippen LogP contribution >= 0.6 is 24.4 Å². The van der Waals surface area contributed by atoms with E-state index in [1.165, 1.54) is 0 Å². The highest BCUT2D eigenvalue weighted by Crippen LogP contribution is 2.29. The fraction of sp³-hybridized carbons (Fsp3) is 0. The Morgan fingerprint density at radius 2 is 1.76 bits per heavy atom. The highest BCUT2D eigenvalue weighted by molar-refractivity contribution is 7.72. The lowest BCUT2D eigenvalue weighted by atomic mass is 10.1. The number of aromatic nitrogens is 2. The summed E-state index contributed by atoms with van der Waals surface area (Å²) in [4.78, 5) is 5.87. The Kier molecular flexibility index (Phi) is 2.42. The molecule has 2 N–H and O–H groups in total. The molecule has 0 radical (unpaired) electrons. The van der Waals surface area contributed by atoms with E-state index in [0.717, 1.165) is 16.5 Å². The van der Waals surface area contributed by atoms with Crippen molar-refractivity contribution in [2.75, 3.05) is 0 Å². The summed E-state index contributed by atoms with van der Waals surface area (Å²) in [5, 5.41) is 0.861. The quantitative estimate of drug-likeness (QED) is 0.644. The first-order chi connectivity index (χ1) is 8.25. The molecule has 2 aromatic heterocycles. The van der Waals surface area contributed by atoms with E-state index in [0.29, 0.717) is 15.1 Å². The molecule has 0 amide bonds. The predicted octanol–water partition coefficient (Wildman–Crippen LogP) is 4.21. The number of hydrogen-bond donors (Lipinski definition) is 2. The van der Waals surface area contributed by atoms with Crippen LogP contribution in [0.25, 0.3) is 22.2 Å². The van der Waals surface area contributed by atoms with Crippen LogP contribution in [0, 0.1) is 9.41 Å². The van der Waals surface area contributed by atoms with Crippen LogP contribution in [0.3, 0.4) is 0 Å². The Labute approximate surface area is 107 Å². The zero-order chi connectivity index (χ0) is 11.8. The first-order valence-corrected chi connectivity index (χ1v) is 5.86. The molecule has 0 spiro atoms. The maximum Gasteiger partial charge on any atom is 0.209 e. The summed E-state index contributed by atoms with van der Waals surface area (Å²) in [7, 11) is 0. The molecule has 2 heterocycles. The van der Waals surface area contributed by atoms with E-state index in [4.69, 9.17) is 28.9 Å². The molecule has 0 saturated carbocycles. The summed E-state index contributed by atoms with van der Waals surface area (Å²) in [6.07, 6.45) is 1.69. The smallest absolute Gasteiger partial charge is 0.209 e. The third kappa shape index (κ3) is 1.73. The van der Waals surface area contributed by atoms with Crippen LogP contribution in [0.4, 0.5) is 0 Å². The van der Waals surface area contributed by atoms with E-state index in [2.05, 4.69) is 9.97 Å². The second kappa shape index (κ2) is 3.94. The molecule has 0 aliphatic carbocycles. The van der Waals surface area contributed by atoms with Crippen molar-refractivity contribution >= 4 is 35.5 Å². The van der Waals surface area contributed by atoms with E-state index in [-0.39, 0.29) is 0 Å². The van der Waals surface area contributed by atoms with Crippen LogP contribution < -0.4 is 0 Å². The molecule has 0 aliphatic rings. The van der Waals surface area contributed by atoms with Crippen molar-refractivity contribution in [1.29, 1.82) is 0 Å². The number of aromatic amines is 2. The summed E-state index contributed by atoms with van der Waals surface area (Å²) in [5.41, 5.74) is 2.64. The van der Waals surface area contributed by atoms with Gasteiger partial charge >= 0.3 is 0 Å². The topological polar surface area (TPSA) is 44.7 Å². The number of benzene rings is 1. The highest BCUT2D eigenvalue weighted by atomic mass is 32.1. The van der Waals surface area contributed by atoms with Crippen LogP contribution in [-0.2, 0) is 0 Å². The van der Waals surface area contributed by atoms with Crippen molar-refractivity contribution in [3.63, 3.8) is 0 Å². The molecule has 5 heteroatoms. The van der Waals surface area contributed by atoms with Crippen molar-refractivity contribution in [2.24, 2.45) is 0 Å². The number of fused-ring (bicyclic) bond motifs is 1. The molecular weight excluding hydrogens is 252 g/mol. The predicted molar refractivity (Wildman–Crippen MR) is 72.0 cm³/mol. The molecule has 0 atom stereocenters. The normalized spacial score (nSPS) is 10.8. The van der Waals surface area contributed by atoms with E-state index in [1.807, 2.05) is 30.3 Å². The Hall–Kier alpha value is -1.72. The summed E-state index contributed by atoms with van der Waals surface area (Å²) in [6.45, 7) is 0. The molecule has 3 rings (SSSR count). The summed E-state index contributed by atoms with van der Waals surface area (Å²) in [5.74, 6) is 0. The minimum Gasteiger partial charge on any atom is -0.447 e. The van der Waals surface area contributed by atoms with Crippen LogP contribution in [0.5, 0.6) is 0 Å². The van der Waals surface area contributed by atoms with Gasteiger partial charge in [-0.25, -0.2) is 0 Å². The summed E-state index contributed by atoms with van der Waals surface area (Å²) in [6, 6.07) is 9.96. The van der Waals surface area contributed by atoms with Gasteiger partial charge in [-0.05, 0) is 17.8 Å². The van der Waals surface area contributed by atoms with Gasteiger partial charge in [-0.3, -0.25) is 0 Å². The molecule has 84 valence electrons. The van der Waals surface area contributed by atoms with Crippen LogP contribution in [0.2, 0.25) is 0 Å². The largest absolute Gasteiger partial charge is 0.447 e. The number of rotatable bonds is 1. The average Bonchev–Trinajstić information content (AvgIpc) is 2.74.